The fraction of sp³-hybridized carbons (Fsp3) is 0.167. The summed E-state index contributed by atoms with van der Waals surface area (Å²) in [5.41, 5.74) is 0.964. The lowest BCUT2D eigenvalue weighted by Gasteiger charge is -2.19. The maximum Gasteiger partial charge on any atom is 0.338 e. The Labute approximate surface area is 134 Å². The Morgan fingerprint density at radius 1 is 0.913 bits per heavy atom. The van der Waals surface area contributed by atoms with Gasteiger partial charge in [-0.3, -0.25) is 9.59 Å². The maximum absolute atomic E-state index is 12.2. The summed E-state index contributed by atoms with van der Waals surface area (Å²) in [5.74, 6) is -2.09. The van der Waals surface area contributed by atoms with Gasteiger partial charge < -0.3 is 9.64 Å². The molecule has 1 amide bonds. The largest absolute Gasteiger partial charge is 0.453 e. The number of anilines is 1. The van der Waals surface area contributed by atoms with Crippen molar-refractivity contribution in [1.29, 1.82) is 0 Å². The third kappa shape index (κ3) is 4.26. The highest BCUT2D eigenvalue weighted by molar-refractivity contribution is 6.42. The monoisotopic (exact) mass is 311 g/mol. The summed E-state index contributed by atoms with van der Waals surface area (Å²) in [4.78, 5) is 37.3. The zero-order chi connectivity index (χ0) is 16.7. The van der Waals surface area contributed by atoms with E-state index in [4.69, 9.17) is 4.74 Å². The molecule has 0 atom stereocenters. The van der Waals surface area contributed by atoms with Crippen LogP contribution in [0, 0.1) is 0 Å². The lowest BCUT2D eigenvalue weighted by molar-refractivity contribution is -0.138. The number of benzene rings is 2. The Morgan fingerprint density at radius 3 is 2.04 bits per heavy atom. The van der Waals surface area contributed by atoms with Gasteiger partial charge in [0.05, 0.1) is 5.56 Å². The van der Waals surface area contributed by atoms with Gasteiger partial charge in [-0.05, 0) is 31.2 Å². The van der Waals surface area contributed by atoms with Gasteiger partial charge in [0.25, 0.3) is 11.7 Å². The van der Waals surface area contributed by atoms with E-state index in [1.54, 1.807) is 61.5 Å². The third-order valence-corrected chi connectivity index (χ3v) is 3.21. The molecule has 0 bridgehead atoms. The minimum absolute atomic E-state index is 0.336. The fourth-order valence-corrected chi connectivity index (χ4v) is 2.05. The van der Waals surface area contributed by atoms with E-state index >= 15 is 0 Å². The molecule has 0 heterocycles. The van der Waals surface area contributed by atoms with Crippen molar-refractivity contribution >= 4 is 23.3 Å². The summed E-state index contributed by atoms with van der Waals surface area (Å²) in [5, 5.41) is 0. The van der Waals surface area contributed by atoms with E-state index in [-0.39, 0.29) is 0 Å². The molecule has 0 aromatic heterocycles. The number of ketones is 1. The van der Waals surface area contributed by atoms with Crippen LogP contribution < -0.4 is 4.90 Å². The van der Waals surface area contributed by atoms with Crippen molar-refractivity contribution in [2.24, 2.45) is 0 Å². The predicted molar refractivity (Wildman–Crippen MR) is 86.2 cm³/mol. The van der Waals surface area contributed by atoms with Crippen LogP contribution in [0.4, 0.5) is 5.69 Å². The number of carbonyl (C=O) groups excluding carboxylic acids is 3. The van der Waals surface area contributed by atoms with Crippen molar-refractivity contribution in [3.05, 3.63) is 66.2 Å². The molecule has 2 aromatic rings. The first-order valence-corrected chi connectivity index (χ1v) is 7.25. The van der Waals surface area contributed by atoms with Crippen LogP contribution in [0.2, 0.25) is 0 Å². The van der Waals surface area contributed by atoms with Crippen molar-refractivity contribution in [3.8, 4) is 0 Å². The van der Waals surface area contributed by atoms with Crippen molar-refractivity contribution in [1.82, 2.24) is 0 Å². The maximum atomic E-state index is 12.2. The molecule has 0 aliphatic heterocycles. The Balaban J connectivity index is 1.97. The number of ether oxygens (including phenoxy) is 1. The quantitative estimate of drug-likeness (QED) is 0.607. The molecule has 5 nitrogen and oxygen atoms in total. The summed E-state index contributed by atoms with van der Waals surface area (Å²) in [6.45, 7) is 1.55. The standard InChI is InChI=1S/C18H17NO4/c1-2-19(15-11-7-4-8-12-15)17(21)16(20)13-23-18(22)14-9-5-3-6-10-14/h3-12H,2,13H2,1H3. The zero-order valence-electron chi connectivity index (χ0n) is 12.8. The molecule has 23 heavy (non-hydrogen) atoms. The van der Waals surface area contributed by atoms with E-state index in [1.165, 1.54) is 4.90 Å². The number of esters is 1. The van der Waals surface area contributed by atoms with Gasteiger partial charge in [0.2, 0.25) is 0 Å². The molecule has 0 saturated carbocycles. The second-order valence-electron chi connectivity index (χ2n) is 4.75. The van der Waals surface area contributed by atoms with Crippen LogP contribution >= 0.6 is 0 Å². The Hall–Kier alpha value is -2.95. The normalized spacial score (nSPS) is 9.96. The molecule has 118 valence electrons. The Kier molecular flexibility index (Phi) is 5.63. The van der Waals surface area contributed by atoms with Crippen LogP contribution in [-0.2, 0) is 14.3 Å². The van der Waals surface area contributed by atoms with E-state index in [0.29, 0.717) is 17.8 Å². The Bertz CT molecular complexity index is 683. The molecule has 2 rings (SSSR count). The second-order valence-corrected chi connectivity index (χ2v) is 4.75. The molecular weight excluding hydrogens is 294 g/mol. The number of hydrogen-bond acceptors (Lipinski definition) is 4. The van der Waals surface area contributed by atoms with E-state index in [0.717, 1.165) is 0 Å². The van der Waals surface area contributed by atoms with Gasteiger partial charge >= 0.3 is 5.97 Å². The van der Waals surface area contributed by atoms with Crippen LogP contribution in [0.15, 0.2) is 60.7 Å². The van der Waals surface area contributed by atoms with Gasteiger partial charge in [0, 0.05) is 12.2 Å². The van der Waals surface area contributed by atoms with E-state index in [2.05, 4.69) is 0 Å². The van der Waals surface area contributed by atoms with Gasteiger partial charge in [-0.15, -0.1) is 0 Å². The van der Waals surface area contributed by atoms with Gasteiger partial charge in [-0.2, -0.15) is 0 Å². The van der Waals surface area contributed by atoms with E-state index in [9.17, 15) is 14.4 Å². The lowest BCUT2D eigenvalue weighted by atomic mass is 10.2. The number of hydrogen-bond donors (Lipinski definition) is 0. The zero-order valence-corrected chi connectivity index (χ0v) is 12.8. The molecule has 0 saturated heterocycles. The van der Waals surface area contributed by atoms with E-state index < -0.39 is 24.3 Å². The van der Waals surface area contributed by atoms with Crippen molar-refractivity contribution in [3.63, 3.8) is 0 Å². The van der Waals surface area contributed by atoms with Gasteiger partial charge in [0.1, 0.15) is 0 Å². The first-order chi connectivity index (χ1) is 11.1. The van der Waals surface area contributed by atoms with E-state index in [1.807, 2.05) is 6.07 Å². The number of likely N-dealkylation sites (N-methyl/N-ethyl adjacent to an activating group) is 1. The number of Topliss-reactive ketones (excluding diaryl/α,β-unsaturated/α-hetero) is 1. The van der Waals surface area contributed by atoms with Crippen molar-refractivity contribution < 1.29 is 19.1 Å². The number of amides is 1. The molecule has 2 aromatic carbocycles. The fourth-order valence-electron chi connectivity index (χ4n) is 2.05. The topological polar surface area (TPSA) is 63.7 Å². The molecule has 0 aliphatic carbocycles. The first kappa shape index (κ1) is 16.4. The average Bonchev–Trinajstić information content (AvgIpc) is 2.61. The minimum Gasteiger partial charge on any atom is -0.453 e. The second kappa shape index (κ2) is 7.89. The highest BCUT2D eigenvalue weighted by Gasteiger charge is 2.23. The SMILES string of the molecule is CCN(C(=O)C(=O)COC(=O)c1ccccc1)c1ccccc1. The van der Waals surface area contributed by atoms with Gasteiger partial charge in [-0.25, -0.2) is 4.79 Å². The lowest BCUT2D eigenvalue weighted by Crippen LogP contribution is -2.38. The molecule has 0 spiro atoms. The molecule has 0 fully saturated rings. The summed E-state index contributed by atoms with van der Waals surface area (Å²) in [6.07, 6.45) is 0. The molecule has 0 unspecified atom stereocenters. The van der Waals surface area contributed by atoms with Crippen LogP contribution in [0.5, 0.6) is 0 Å². The van der Waals surface area contributed by atoms with Crippen LogP contribution in [0.1, 0.15) is 17.3 Å². The smallest absolute Gasteiger partial charge is 0.338 e. The summed E-state index contributed by atoms with van der Waals surface area (Å²) in [7, 11) is 0. The highest BCUT2D eigenvalue weighted by atomic mass is 16.5. The molecular formula is C18H17NO4. The summed E-state index contributed by atoms with van der Waals surface area (Å²) < 4.78 is 4.91. The number of rotatable bonds is 6. The van der Waals surface area contributed by atoms with Gasteiger partial charge in [-0.1, -0.05) is 36.4 Å². The van der Waals surface area contributed by atoms with Crippen LogP contribution in [0.25, 0.3) is 0 Å². The van der Waals surface area contributed by atoms with Gasteiger partial charge in [0.15, 0.2) is 6.61 Å². The van der Waals surface area contributed by atoms with Crippen LogP contribution in [-0.4, -0.2) is 30.8 Å². The number of nitrogens with zero attached hydrogens (tertiary/aromatic N) is 1. The highest BCUT2D eigenvalue weighted by Crippen LogP contribution is 2.13. The van der Waals surface area contributed by atoms with Crippen molar-refractivity contribution in [2.75, 3.05) is 18.1 Å². The molecule has 0 radical (unpaired) electrons. The predicted octanol–water partition coefficient (Wildman–Crippen LogP) is 2.47. The molecule has 0 aliphatic rings. The molecule has 0 N–H and O–H groups in total. The Morgan fingerprint density at radius 2 is 1.48 bits per heavy atom. The average molecular weight is 311 g/mol. The van der Waals surface area contributed by atoms with Crippen LogP contribution in [0.3, 0.4) is 0 Å². The number of para-hydroxylation sites is 1. The summed E-state index contributed by atoms with van der Waals surface area (Å²) >= 11 is 0. The first-order valence-electron chi connectivity index (χ1n) is 7.25. The summed E-state index contributed by atoms with van der Waals surface area (Å²) in [6, 6.07) is 17.2. The third-order valence-electron chi connectivity index (χ3n) is 3.21. The van der Waals surface area contributed by atoms with Crippen molar-refractivity contribution in [2.45, 2.75) is 6.92 Å². The number of carbonyl (C=O) groups is 3. The molecule has 5 heteroatoms. The minimum atomic E-state index is -0.764.